The molecule has 0 aromatic carbocycles. The van der Waals surface area contributed by atoms with Crippen LogP contribution in [0.1, 0.15) is 6.42 Å². The molecule has 0 aromatic rings. The zero-order valence-electron chi connectivity index (χ0n) is 3.42. The van der Waals surface area contributed by atoms with E-state index in [1.807, 2.05) is 0 Å². The molecule has 0 aliphatic rings. The van der Waals surface area contributed by atoms with Crippen LogP contribution in [0.3, 0.4) is 0 Å². The topological polar surface area (TPSA) is 0 Å². The van der Waals surface area contributed by atoms with Crippen molar-refractivity contribution in [1.29, 1.82) is 0 Å². The molecular formula is C3H8S3. The number of hydrogen-bond donors (Lipinski definition) is 2. The van der Waals surface area contributed by atoms with Gasteiger partial charge in [0.25, 0.3) is 0 Å². The molecule has 0 heterocycles. The van der Waals surface area contributed by atoms with Gasteiger partial charge in [-0.2, -0.15) is 12.6 Å². The molecule has 0 atom stereocenters. The molecule has 0 aliphatic heterocycles. The van der Waals surface area contributed by atoms with E-state index in [1.165, 1.54) is 0 Å². The first kappa shape index (κ1) is 7.05. The van der Waals surface area contributed by atoms with E-state index in [0.717, 1.165) is 17.9 Å². The van der Waals surface area contributed by atoms with Crippen molar-refractivity contribution in [1.82, 2.24) is 0 Å². The average molecular weight is 140 g/mol. The maximum atomic E-state index is 4.01. The van der Waals surface area contributed by atoms with E-state index in [2.05, 4.69) is 24.3 Å². The van der Waals surface area contributed by atoms with Crippen molar-refractivity contribution in [2.45, 2.75) is 6.42 Å². The number of thiol groups is 2. The summed E-state index contributed by atoms with van der Waals surface area (Å²) < 4.78 is 0. The van der Waals surface area contributed by atoms with Gasteiger partial charge in [0.05, 0.1) is 0 Å². The SMILES string of the molecule is SCCCSS. The van der Waals surface area contributed by atoms with E-state index in [4.69, 9.17) is 0 Å². The van der Waals surface area contributed by atoms with Crippen molar-refractivity contribution in [2.24, 2.45) is 0 Å². The van der Waals surface area contributed by atoms with Gasteiger partial charge in [0.2, 0.25) is 0 Å². The van der Waals surface area contributed by atoms with E-state index in [9.17, 15) is 0 Å². The van der Waals surface area contributed by atoms with Crippen LogP contribution in [0.5, 0.6) is 0 Å². The zero-order chi connectivity index (χ0) is 4.83. The van der Waals surface area contributed by atoms with Crippen LogP contribution in [0, 0.1) is 0 Å². The fourth-order valence-corrected chi connectivity index (χ4v) is 1.16. The Bertz CT molecular complexity index is 18.0. The minimum atomic E-state index is 0.980. The highest BCUT2D eigenvalue weighted by atomic mass is 33.1. The summed E-state index contributed by atoms with van der Waals surface area (Å²) in [5.41, 5.74) is 0. The molecule has 0 unspecified atom stereocenters. The second-order valence-corrected chi connectivity index (χ2v) is 2.80. The summed E-state index contributed by atoms with van der Waals surface area (Å²) >= 11 is 7.94. The Labute approximate surface area is 53.3 Å². The van der Waals surface area contributed by atoms with E-state index >= 15 is 0 Å². The maximum absolute atomic E-state index is 4.01. The van der Waals surface area contributed by atoms with E-state index in [-0.39, 0.29) is 0 Å². The van der Waals surface area contributed by atoms with Crippen LogP contribution < -0.4 is 0 Å². The van der Waals surface area contributed by atoms with Crippen LogP contribution in [-0.2, 0) is 0 Å². The molecule has 0 N–H and O–H groups in total. The highest BCUT2D eigenvalue weighted by molar-refractivity contribution is 8.68. The van der Waals surface area contributed by atoms with Gasteiger partial charge in [0, 0.05) is 5.75 Å². The fraction of sp³-hybridized carbons (Fsp3) is 1.00. The van der Waals surface area contributed by atoms with Gasteiger partial charge in [-0.1, -0.05) is 10.8 Å². The van der Waals surface area contributed by atoms with Crippen LogP contribution in [0.15, 0.2) is 0 Å². The normalized spacial score (nSPS) is 9.00. The second-order valence-electron chi connectivity index (χ2n) is 0.910. The third-order valence-electron chi connectivity index (χ3n) is 0.394. The molecular weight excluding hydrogens is 132 g/mol. The second kappa shape index (κ2) is 6.05. The molecule has 38 valence electrons. The van der Waals surface area contributed by atoms with Crippen molar-refractivity contribution in [2.75, 3.05) is 11.5 Å². The lowest BCUT2D eigenvalue weighted by atomic mass is 10.6. The Kier molecular flexibility index (Phi) is 7.11. The molecule has 0 rings (SSSR count). The average Bonchev–Trinajstić information content (AvgIpc) is 1.61. The molecule has 6 heavy (non-hydrogen) atoms. The minimum Gasteiger partial charge on any atom is -0.179 e. The van der Waals surface area contributed by atoms with E-state index in [0.29, 0.717) is 0 Å². The van der Waals surface area contributed by atoms with Crippen molar-refractivity contribution >= 4 is 35.1 Å². The molecule has 0 spiro atoms. The molecule has 0 aliphatic carbocycles. The first-order valence-electron chi connectivity index (χ1n) is 1.79. The first-order chi connectivity index (χ1) is 2.91. The van der Waals surface area contributed by atoms with Crippen LogP contribution in [0.2, 0.25) is 0 Å². The molecule has 0 saturated heterocycles. The molecule has 0 saturated carbocycles. The lowest BCUT2D eigenvalue weighted by Gasteiger charge is -1.85. The molecule has 3 heteroatoms. The van der Waals surface area contributed by atoms with Crippen molar-refractivity contribution < 1.29 is 0 Å². The van der Waals surface area contributed by atoms with Gasteiger partial charge in [0.1, 0.15) is 0 Å². The number of rotatable bonds is 3. The molecule has 0 amide bonds. The Hall–Kier alpha value is 1.05. The lowest BCUT2D eigenvalue weighted by molar-refractivity contribution is 1.14. The largest absolute Gasteiger partial charge is 0.179 e. The summed E-state index contributed by atoms with van der Waals surface area (Å²) in [6.07, 6.45) is 1.16. The van der Waals surface area contributed by atoms with Crippen molar-refractivity contribution in [3.63, 3.8) is 0 Å². The van der Waals surface area contributed by atoms with Gasteiger partial charge >= 0.3 is 0 Å². The Morgan fingerprint density at radius 2 is 2.17 bits per heavy atom. The van der Waals surface area contributed by atoms with Gasteiger partial charge < -0.3 is 0 Å². The van der Waals surface area contributed by atoms with Gasteiger partial charge in [-0.25, -0.2) is 0 Å². The van der Waals surface area contributed by atoms with Crippen molar-refractivity contribution in [3.05, 3.63) is 0 Å². The summed E-state index contributed by atoms with van der Waals surface area (Å²) in [6, 6.07) is 0. The van der Waals surface area contributed by atoms with Gasteiger partial charge in [-0.3, -0.25) is 0 Å². The fourth-order valence-electron chi connectivity index (χ4n) is 0.129. The molecule has 0 nitrogen and oxygen atoms in total. The molecule has 0 radical (unpaired) electrons. The third-order valence-corrected chi connectivity index (χ3v) is 1.73. The van der Waals surface area contributed by atoms with Crippen molar-refractivity contribution in [3.8, 4) is 0 Å². The monoisotopic (exact) mass is 140 g/mol. The van der Waals surface area contributed by atoms with E-state index in [1.54, 1.807) is 10.8 Å². The summed E-state index contributed by atoms with van der Waals surface area (Å²) in [7, 11) is 1.57. The number of hydrogen-bond acceptors (Lipinski definition) is 3. The summed E-state index contributed by atoms with van der Waals surface area (Å²) in [6.45, 7) is 0. The predicted octanol–water partition coefficient (Wildman–Crippen LogP) is 1.88. The van der Waals surface area contributed by atoms with Crippen LogP contribution in [0.25, 0.3) is 0 Å². The first-order valence-corrected chi connectivity index (χ1v) is 4.46. The van der Waals surface area contributed by atoms with E-state index < -0.39 is 0 Å². The lowest BCUT2D eigenvalue weighted by Crippen LogP contribution is -1.73. The van der Waals surface area contributed by atoms with Crippen LogP contribution >= 0.6 is 35.1 Å². The smallest absolute Gasteiger partial charge is 0.00422 e. The molecule has 0 fully saturated rings. The summed E-state index contributed by atoms with van der Waals surface area (Å²) in [4.78, 5) is 0. The standard InChI is InChI=1S/C3H8S3/c4-2-1-3-6-5/h4-5H,1-3H2. The highest BCUT2D eigenvalue weighted by Gasteiger charge is 1.76. The third kappa shape index (κ3) is 5.05. The van der Waals surface area contributed by atoms with Gasteiger partial charge in [-0.05, 0) is 12.2 Å². The Morgan fingerprint density at radius 1 is 1.50 bits per heavy atom. The Balaban J connectivity index is 2.34. The zero-order valence-corrected chi connectivity index (χ0v) is 6.03. The van der Waals surface area contributed by atoms with Crippen LogP contribution in [0.4, 0.5) is 0 Å². The Morgan fingerprint density at radius 3 is 2.33 bits per heavy atom. The van der Waals surface area contributed by atoms with Gasteiger partial charge in [-0.15, -0.1) is 11.7 Å². The molecule has 0 bridgehead atoms. The summed E-state index contributed by atoms with van der Waals surface area (Å²) in [5, 5.41) is 0. The van der Waals surface area contributed by atoms with Crippen LogP contribution in [-0.4, -0.2) is 11.5 Å². The minimum absolute atomic E-state index is 0.980. The predicted molar refractivity (Wildman–Crippen MR) is 39.9 cm³/mol. The highest BCUT2D eigenvalue weighted by Crippen LogP contribution is 2.05. The maximum Gasteiger partial charge on any atom is 0.00422 e. The van der Waals surface area contributed by atoms with Gasteiger partial charge in [0.15, 0.2) is 0 Å². The summed E-state index contributed by atoms with van der Waals surface area (Å²) in [5.74, 6) is 2.10. The quantitative estimate of drug-likeness (QED) is 0.343. The molecule has 0 aromatic heterocycles.